The average molecular weight is 447 g/mol. The summed E-state index contributed by atoms with van der Waals surface area (Å²) in [6, 6.07) is 10.3. The fraction of sp³-hybridized carbons (Fsp3) is 0.273. The molecule has 0 spiro atoms. The van der Waals surface area contributed by atoms with Crippen molar-refractivity contribution >= 4 is 17.5 Å². The van der Waals surface area contributed by atoms with Gasteiger partial charge < -0.3 is 28.8 Å². The molecule has 0 aliphatic heterocycles. The fourth-order valence-corrected chi connectivity index (χ4v) is 3.24. The van der Waals surface area contributed by atoms with Gasteiger partial charge >= 0.3 is 0 Å². The van der Waals surface area contributed by atoms with Gasteiger partial charge in [-0.1, -0.05) is 16.8 Å². The molecular formula is C22H23ClN2O6. The summed E-state index contributed by atoms with van der Waals surface area (Å²) in [5.74, 6) is 2.13. The summed E-state index contributed by atoms with van der Waals surface area (Å²) >= 11 is 6.28. The van der Waals surface area contributed by atoms with Gasteiger partial charge in [-0.05, 0) is 42.8 Å². The molecule has 0 bridgehead atoms. The first-order chi connectivity index (χ1) is 15.0. The largest absolute Gasteiger partial charge is 0.497 e. The van der Waals surface area contributed by atoms with Crippen molar-refractivity contribution in [2.24, 2.45) is 0 Å². The van der Waals surface area contributed by atoms with Gasteiger partial charge in [-0.15, -0.1) is 0 Å². The average Bonchev–Trinajstić information content (AvgIpc) is 3.28. The Hall–Kier alpha value is -3.39. The van der Waals surface area contributed by atoms with E-state index in [-0.39, 0.29) is 12.2 Å². The van der Waals surface area contributed by atoms with Gasteiger partial charge in [-0.3, -0.25) is 4.79 Å². The molecule has 3 aromatic rings. The van der Waals surface area contributed by atoms with Gasteiger partial charge in [-0.2, -0.15) is 0 Å². The monoisotopic (exact) mass is 446 g/mol. The van der Waals surface area contributed by atoms with Crippen LogP contribution in [0.4, 0.5) is 0 Å². The lowest BCUT2D eigenvalue weighted by Gasteiger charge is -2.13. The van der Waals surface area contributed by atoms with Gasteiger partial charge in [0.1, 0.15) is 11.5 Å². The summed E-state index contributed by atoms with van der Waals surface area (Å²) in [5, 5.41) is 7.06. The smallest absolute Gasteiger partial charge is 0.273 e. The maximum absolute atomic E-state index is 12.6. The van der Waals surface area contributed by atoms with Crippen LogP contribution in [-0.2, 0) is 6.54 Å². The van der Waals surface area contributed by atoms with Crippen LogP contribution in [0, 0.1) is 0 Å². The molecule has 1 amide bonds. The highest BCUT2D eigenvalue weighted by Gasteiger charge is 2.18. The Morgan fingerprint density at radius 2 is 1.84 bits per heavy atom. The number of nitrogens with zero attached hydrogens (tertiary/aromatic N) is 1. The first-order valence-corrected chi connectivity index (χ1v) is 9.85. The highest BCUT2D eigenvalue weighted by atomic mass is 35.5. The molecular weight excluding hydrogens is 424 g/mol. The second kappa shape index (κ2) is 10.1. The van der Waals surface area contributed by atoms with E-state index in [1.165, 1.54) is 7.11 Å². The lowest BCUT2D eigenvalue weighted by atomic mass is 10.1. The van der Waals surface area contributed by atoms with Crippen LogP contribution in [0.15, 0.2) is 40.9 Å². The summed E-state index contributed by atoms with van der Waals surface area (Å²) in [5.41, 5.74) is 1.50. The number of carbonyl (C=O) groups is 1. The van der Waals surface area contributed by atoms with Crippen LogP contribution in [0.3, 0.4) is 0 Å². The molecule has 1 aromatic heterocycles. The van der Waals surface area contributed by atoms with E-state index in [0.29, 0.717) is 46.0 Å². The van der Waals surface area contributed by atoms with Crippen molar-refractivity contribution in [3.8, 4) is 34.3 Å². The van der Waals surface area contributed by atoms with Crippen molar-refractivity contribution in [3.63, 3.8) is 0 Å². The number of amides is 1. The number of carbonyl (C=O) groups excluding carboxylic acids is 1. The SMILES string of the molecule is CCOc1c(Cl)cc(CNC(=O)c2cc(-c3cc(OC)ccc3OC)on2)cc1OC. The zero-order valence-corrected chi connectivity index (χ0v) is 18.4. The van der Waals surface area contributed by atoms with Crippen LogP contribution in [0.2, 0.25) is 5.02 Å². The molecule has 9 heteroatoms. The van der Waals surface area contributed by atoms with Gasteiger partial charge in [-0.25, -0.2) is 0 Å². The van der Waals surface area contributed by atoms with E-state index < -0.39 is 5.91 Å². The summed E-state index contributed by atoms with van der Waals surface area (Å²) in [6.45, 7) is 2.53. The quantitative estimate of drug-likeness (QED) is 0.522. The molecule has 0 saturated carbocycles. The van der Waals surface area contributed by atoms with Crippen molar-refractivity contribution in [2.45, 2.75) is 13.5 Å². The minimum absolute atomic E-state index is 0.129. The number of nitrogens with one attached hydrogen (secondary N) is 1. The number of aromatic nitrogens is 1. The van der Waals surface area contributed by atoms with Crippen molar-refractivity contribution in [2.75, 3.05) is 27.9 Å². The van der Waals surface area contributed by atoms with Gasteiger partial charge in [0.25, 0.3) is 5.91 Å². The Morgan fingerprint density at radius 3 is 2.52 bits per heavy atom. The third-order valence-corrected chi connectivity index (χ3v) is 4.73. The van der Waals surface area contributed by atoms with E-state index in [2.05, 4.69) is 10.5 Å². The van der Waals surface area contributed by atoms with Gasteiger partial charge in [0.2, 0.25) is 0 Å². The molecule has 0 aliphatic carbocycles. The van der Waals surface area contributed by atoms with E-state index in [0.717, 1.165) is 5.56 Å². The Balaban J connectivity index is 1.75. The molecule has 0 aliphatic rings. The normalized spacial score (nSPS) is 10.5. The number of hydrogen-bond donors (Lipinski definition) is 1. The summed E-state index contributed by atoms with van der Waals surface area (Å²) in [6.07, 6.45) is 0. The Kier molecular flexibility index (Phi) is 7.25. The second-order valence-electron chi connectivity index (χ2n) is 6.37. The van der Waals surface area contributed by atoms with E-state index in [1.807, 2.05) is 6.92 Å². The zero-order valence-electron chi connectivity index (χ0n) is 17.7. The van der Waals surface area contributed by atoms with Crippen LogP contribution < -0.4 is 24.3 Å². The fourth-order valence-electron chi connectivity index (χ4n) is 2.95. The van der Waals surface area contributed by atoms with Gasteiger partial charge in [0.05, 0.1) is 38.5 Å². The topological polar surface area (TPSA) is 92.1 Å². The number of benzene rings is 2. The lowest BCUT2D eigenvalue weighted by Crippen LogP contribution is -2.23. The molecule has 2 aromatic carbocycles. The third kappa shape index (κ3) is 5.03. The van der Waals surface area contributed by atoms with Crippen LogP contribution in [0.5, 0.6) is 23.0 Å². The number of halogens is 1. The second-order valence-corrected chi connectivity index (χ2v) is 6.77. The highest BCUT2D eigenvalue weighted by molar-refractivity contribution is 6.32. The van der Waals surface area contributed by atoms with E-state index >= 15 is 0 Å². The van der Waals surface area contributed by atoms with Crippen LogP contribution in [-0.4, -0.2) is 39.0 Å². The molecule has 0 fully saturated rings. The minimum Gasteiger partial charge on any atom is -0.497 e. The zero-order chi connectivity index (χ0) is 22.4. The summed E-state index contributed by atoms with van der Waals surface area (Å²) in [7, 11) is 4.64. The van der Waals surface area contributed by atoms with Crippen molar-refractivity contribution in [3.05, 3.63) is 52.7 Å². The summed E-state index contributed by atoms with van der Waals surface area (Å²) < 4.78 is 26.8. The third-order valence-electron chi connectivity index (χ3n) is 4.45. The Morgan fingerprint density at radius 1 is 1.06 bits per heavy atom. The number of methoxy groups -OCH3 is 3. The number of hydrogen-bond acceptors (Lipinski definition) is 7. The van der Waals surface area contributed by atoms with Crippen LogP contribution >= 0.6 is 11.6 Å². The van der Waals surface area contributed by atoms with Crippen molar-refractivity contribution < 1.29 is 28.3 Å². The number of rotatable bonds is 9. The van der Waals surface area contributed by atoms with Crippen LogP contribution in [0.1, 0.15) is 23.0 Å². The minimum atomic E-state index is -0.402. The summed E-state index contributed by atoms with van der Waals surface area (Å²) in [4.78, 5) is 12.6. The molecule has 8 nitrogen and oxygen atoms in total. The standard InChI is InChI=1S/C22H23ClN2O6/c1-5-30-21-16(23)8-13(9-20(21)29-4)12-24-22(26)17-11-19(31-25-17)15-10-14(27-2)6-7-18(15)28-3/h6-11H,5,12H2,1-4H3,(H,24,26). The first kappa shape index (κ1) is 22.3. The molecule has 1 heterocycles. The predicted molar refractivity (Wildman–Crippen MR) is 115 cm³/mol. The highest BCUT2D eigenvalue weighted by Crippen LogP contribution is 2.36. The molecule has 31 heavy (non-hydrogen) atoms. The number of ether oxygens (including phenoxy) is 4. The molecule has 0 atom stereocenters. The van der Waals surface area contributed by atoms with E-state index in [1.54, 1.807) is 50.6 Å². The van der Waals surface area contributed by atoms with E-state index in [9.17, 15) is 4.79 Å². The molecule has 164 valence electrons. The van der Waals surface area contributed by atoms with Crippen molar-refractivity contribution in [1.82, 2.24) is 10.5 Å². The maximum atomic E-state index is 12.6. The van der Waals surface area contributed by atoms with Gasteiger partial charge in [0, 0.05) is 12.6 Å². The Labute approximate surface area is 185 Å². The van der Waals surface area contributed by atoms with Gasteiger partial charge in [0.15, 0.2) is 23.0 Å². The van der Waals surface area contributed by atoms with Crippen LogP contribution in [0.25, 0.3) is 11.3 Å². The lowest BCUT2D eigenvalue weighted by molar-refractivity contribution is 0.0942. The predicted octanol–water partition coefficient (Wildman–Crippen LogP) is 4.35. The maximum Gasteiger partial charge on any atom is 0.273 e. The van der Waals surface area contributed by atoms with E-state index in [4.69, 9.17) is 35.1 Å². The Bertz CT molecular complexity index is 1070. The molecule has 1 N–H and O–H groups in total. The van der Waals surface area contributed by atoms with Crippen molar-refractivity contribution in [1.29, 1.82) is 0 Å². The first-order valence-electron chi connectivity index (χ1n) is 9.47. The molecule has 3 rings (SSSR count). The molecule has 0 unspecified atom stereocenters. The molecule has 0 saturated heterocycles. The molecule has 0 radical (unpaired) electrons.